The molecule has 5 nitrogen and oxygen atoms in total. The second kappa shape index (κ2) is 6.59. The molecule has 1 fully saturated rings. The maximum atomic E-state index is 7.29. The van der Waals surface area contributed by atoms with Crippen LogP contribution in [0, 0.1) is 5.41 Å². The maximum Gasteiger partial charge on any atom is 0.154 e. The molecule has 1 aliphatic heterocycles. The van der Waals surface area contributed by atoms with Crippen molar-refractivity contribution in [2.45, 2.75) is 58.4 Å². The Hall–Kier alpha value is -1.78. The summed E-state index contributed by atoms with van der Waals surface area (Å²) in [5, 5.41) is 12.3. The van der Waals surface area contributed by atoms with Crippen LogP contribution >= 0.6 is 0 Å². The van der Waals surface area contributed by atoms with E-state index >= 15 is 0 Å². The van der Waals surface area contributed by atoms with E-state index in [0.717, 1.165) is 43.0 Å². The summed E-state index contributed by atoms with van der Waals surface area (Å²) in [6.07, 6.45) is 8.26. The topological polar surface area (TPSA) is 63.5 Å². The van der Waals surface area contributed by atoms with Gasteiger partial charge in [-0.3, -0.25) is 15.8 Å². The van der Waals surface area contributed by atoms with Crippen LogP contribution in [-0.4, -0.2) is 23.2 Å². The molecule has 0 bridgehead atoms. The number of nitrogens with zero attached hydrogens (tertiary/aromatic N) is 2. The Morgan fingerprint density at radius 1 is 1.45 bits per heavy atom. The van der Waals surface area contributed by atoms with Crippen molar-refractivity contribution in [3.05, 3.63) is 23.7 Å². The van der Waals surface area contributed by atoms with E-state index in [0.29, 0.717) is 6.04 Å². The highest BCUT2D eigenvalue weighted by molar-refractivity contribution is 6.01. The average Bonchev–Trinajstić information content (AvgIpc) is 2.44. The summed E-state index contributed by atoms with van der Waals surface area (Å²) in [6.45, 7) is 8.20. The Balaban J connectivity index is 2.34. The van der Waals surface area contributed by atoms with Crippen LogP contribution in [0.4, 0.5) is 0 Å². The molecular weight excluding hydrogens is 250 g/mol. The summed E-state index contributed by atoms with van der Waals surface area (Å²) < 4.78 is 0. The molecule has 5 heteroatoms. The van der Waals surface area contributed by atoms with E-state index in [-0.39, 0.29) is 0 Å². The number of allylic oxidation sites excluding steroid dienone is 1. The Kier molecular flexibility index (Phi) is 4.82. The molecule has 0 aromatic carbocycles. The van der Waals surface area contributed by atoms with Gasteiger partial charge in [0, 0.05) is 11.3 Å². The summed E-state index contributed by atoms with van der Waals surface area (Å²) in [6, 6.07) is 0.397. The molecule has 2 aliphatic rings. The first-order valence-corrected chi connectivity index (χ1v) is 7.46. The second-order valence-electron chi connectivity index (χ2n) is 5.38. The molecule has 0 atom stereocenters. The highest BCUT2D eigenvalue weighted by Crippen LogP contribution is 2.25. The zero-order valence-electron chi connectivity index (χ0n) is 12.5. The summed E-state index contributed by atoms with van der Waals surface area (Å²) in [7, 11) is 0. The minimum atomic E-state index is 0.397. The zero-order valence-corrected chi connectivity index (χ0v) is 12.5. The Labute approximate surface area is 121 Å². The van der Waals surface area contributed by atoms with Gasteiger partial charge in [0.1, 0.15) is 5.82 Å². The van der Waals surface area contributed by atoms with Gasteiger partial charge in [0.15, 0.2) is 5.84 Å². The maximum absolute atomic E-state index is 7.29. The number of nitrogens with one attached hydrogen (secondary N) is 3. The quantitative estimate of drug-likeness (QED) is 0.546. The largest absolute Gasteiger partial charge is 0.344 e. The van der Waals surface area contributed by atoms with Crippen LogP contribution in [0.1, 0.15) is 52.4 Å². The van der Waals surface area contributed by atoms with Gasteiger partial charge in [-0.05, 0) is 26.2 Å². The van der Waals surface area contributed by atoms with Crippen LogP contribution < -0.4 is 10.7 Å². The zero-order chi connectivity index (χ0) is 14.5. The first-order valence-electron chi connectivity index (χ1n) is 7.46. The molecule has 0 aromatic heterocycles. The summed E-state index contributed by atoms with van der Waals surface area (Å²) in [4.78, 5) is 4.97. The van der Waals surface area contributed by atoms with E-state index in [9.17, 15) is 0 Å². The minimum Gasteiger partial charge on any atom is -0.344 e. The number of amidine groups is 1. The molecule has 1 saturated carbocycles. The lowest BCUT2D eigenvalue weighted by atomic mass is 9.95. The van der Waals surface area contributed by atoms with E-state index < -0.39 is 0 Å². The van der Waals surface area contributed by atoms with Gasteiger partial charge in [-0.25, -0.2) is 5.01 Å². The highest BCUT2D eigenvalue weighted by atomic mass is 15.6. The fourth-order valence-corrected chi connectivity index (χ4v) is 2.92. The first kappa shape index (κ1) is 14.6. The molecule has 0 amide bonds. The number of hydrazine groups is 1. The minimum absolute atomic E-state index is 0.397. The molecule has 20 heavy (non-hydrogen) atoms. The molecule has 0 unspecified atom stereocenters. The van der Waals surface area contributed by atoms with E-state index in [2.05, 4.69) is 31.2 Å². The van der Waals surface area contributed by atoms with Gasteiger partial charge in [-0.15, -0.1) is 0 Å². The standard InChI is InChI=1S/C15H25N5/c1-4-14-11(2)18-12(3)20(17-10-16)15(14)19-13-8-6-5-7-9-13/h10,13,18H,3-9H2,1-2H3,(H2,16,17). The van der Waals surface area contributed by atoms with E-state index in [4.69, 9.17) is 10.4 Å². The SMILES string of the molecule is C=C1NC(C)=C(CC)C(=NC2CCCCC2)N1NC=N. The van der Waals surface area contributed by atoms with E-state index in [1.165, 1.54) is 24.8 Å². The summed E-state index contributed by atoms with van der Waals surface area (Å²) in [5.41, 5.74) is 5.21. The predicted octanol–water partition coefficient (Wildman–Crippen LogP) is 2.89. The van der Waals surface area contributed by atoms with Gasteiger partial charge in [0.25, 0.3) is 0 Å². The lowest BCUT2D eigenvalue weighted by molar-refractivity contribution is 0.406. The van der Waals surface area contributed by atoms with Gasteiger partial charge in [-0.2, -0.15) is 0 Å². The fourth-order valence-electron chi connectivity index (χ4n) is 2.92. The monoisotopic (exact) mass is 275 g/mol. The second-order valence-corrected chi connectivity index (χ2v) is 5.38. The first-order chi connectivity index (χ1) is 9.67. The molecule has 2 rings (SSSR count). The lowest BCUT2D eigenvalue weighted by Crippen LogP contribution is -2.49. The van der Waals surface area contributed by atoms with Crippen molar-refractivity contribution >= 4 is 12.2 Å². The van der Waals surface area contributed by atoms with Crippen molar-refractivity contribution in [1.29, 1.82) is 5.41 Å². The fraction of sp³-hybridized carbons (Fsp3) is 0.600. The Morgan fingerprint density at radius 3 is 2.75 bits per heavy atom. The highest BCUT2D eigenvalue weighted by Gasteiger charge is 2.26. The Morgan fingerprint density at radius 2 is 2.15 bits per heavy atom. The Bertz CT molecular complexity index is 443. The molecule has 0 saturated heterocycles. The van der Waals surface area contributed by atoms with Gasteiger partial charge in [0.2, 0.25) is 0 Å². The number of rotatable bonds is 4. The lowest BCUT2D eigenvalue weighted by Gasteiger charge is -2.35. The van der Waals surface area contributed by atoms with Gasteiger partial charge >= 0.3 is 0 Å². The summed E-state index contributed by atoms with van der Waals surface area (Å²) >= 11 is 0. The van der Waals surface area contributed by atoms with E-state index in [1.807, 2.05) is 0 Å². The third kappa shape index (κ3) is 3.03. The van der Waals surface area contributed by atoms with Crippen LogP contribution in [0.15, 0.2) is 28.7 Å². The molecule has 0 spiro atoms. The normalized spacial score (nSPS) is 23.0. The molecule has 3 N–H and O–H groups in total. The number of hydrogen-bond acceptors (Lipinski definition) is 3. The number of hydrogen-bond donors (Lipinski definition) is 3. The molecule has 110 valence electrons. The molecular formula is C15H25N5. The van der Waals surface area contributed by atoms with Crippen molar-refractivity contribution < 1.29 is 0 Å². The third-order valence-electron chi connectivity index (χ3n) is 3.96. The summed E-state index contributed by atoms with van der Waals surface area (Å²) in [5.74, 6) is 1.64. The van der Waals surface area contributed by atoms with Crippen LogP contribution in [0.3, 0.4) is 0 Å². The van der Waals surface area contributed by atoms with Crippen LogP contribution in [0.5, 0.6) is 0 Å². The van der Waals surface area contributed by atoms with Crippen molar-refractivity contribution in [2.75, 3.05) is 0 Å². The molecule has 1 heterocycles. The predicted molar refractivity (Wildman–Crippen MR) is 83.3 cm³/mol. The molecule has 0 aromatic rings. The van der Waals surface area contributed by atoms with E-state index in [1.54, 1.807) is 5.01 Å². The van der Waals surface area contributed by atoms with Gasteiger partial charge < -0.3 is 5.32 Å². The average molecular weight is 275 g/mol. The van der Waals surface area contributed by atoms with Gasteiger partial charge in [0.05, 0.1) is 12.4 Å². The number of aliphatic imine (C=N–C) groups is 1. The smallest absolute Gasteiger partial charge is 0.154 e. The van der Waals surface area contributed by atoms with Crippen molar-refractivity contribution in [3.8, 4) is 0 Å². The van der Waals surface area contributed by atoms with Crippen molar-refractivity contribution in [2.24, 2.45) is 4.99 Å². The third-order valence-corrected chi connectivity index (χ3v) is 3.96. The van der Waals surface area contributed by atoms with Crippen LogP contribution in [0.25, 0.3) is 0 Å². The molecule has 1 aliphatic carbocycles. The molecule has 0 radical (unpaired) electrons. The van der Waals surface area contributed by atoms with Gasteiger partial charge in [-0.1, -0.05) is 32.8 Å². The van der Waals surface area contributed by atoms with Crippen LogP contribution in [0.2, 0.25) is 0 Å². The van der Waals surface area contributed by atoms with Crippen LogP contribution in [-0.2, 0) is 0 Å². The van der Waals surface area contributed by atoms with Crippen molar-refractivity contribution in [3.63, 3.8) is 0 Å². The van der Waals surface area contributed by atoms with Crippen molar-refractivity contribution in [1.82, 2.24) is 15.8 Å².